The van der Waals surface area contributed by atoms with Gasteiger partial charge < -0.3 is 19.7 Å². The Kier molecular flexibility index (Phi) is 7.45. The molecule has 0 aliphatic carbocycles. The van der Waals surface area contributed by atoms with E-state index in [1.165, 1.54) is 0 Å². The zero-order valence-electron chi connectivity index (χ0n) is 22.1. The topological polar surface area (TPSA) is 58.9 Å². The first-order chi connectivity index (χ1) is 19.8. The first-order valence-electron chi connectivity index (χ1n) is 13.5. The Morgan fingerprint density at radius 1 is 0.475 bits per heavy atom. The molecule has 0 aromatic heterocycles. The number of ether oxygens (including phenoxy) is 2. The number of fused-ring (bicyclic) bond motifs is 2. The zero-order chi connectivity index (χ0) is 27.3. The molecule has 6 aromatic carbocycles. The highest BCUT2D eigenvalue weighted by Gasteiger charge is 2.21. The lowest BCUT2D eigenvalue weighted by Crippen LogP contribution is -2.08. The Morgan fingerprint density at radius 2 is 1.07 bits per heavy atom. The molecule has 6 aromatic rings. The van der Waals surface area contributed by atoms with Crippen LogP contribution >= 0.6 is 0 Å². The molecule has 0 aliphatic heterocycles. The summed E-state index contributed by atoms with van der Waals surface area (Å²) in [6, 6.07) is 41.8. The van der Waals surface area contributed by atoms with Crippen LogP contribution in [0.5, 0.6) is 11.5 Å². The number of aliphatic hydroxyl groups is 2. The molecular weight excluding hydrogens is 496 g/mol. The van der Waals surface area contributed by atoms with Crippen LogP contribution in [0.25, 0.3) is 54.9 Å². The molecule has 6 rings (SSSR count). The zero-order valence-corrected chi connectivity index (χ0v) is 22.1. The minimum absolute atomic E-state index is 0.117. The highest BCUT2D eigenvalue weighted by molar-refractivity contribution is 6.10. The molecule has 0 aliphatic rings. The minimum atomic E-state index is -0.130. The summed E-state index contributed by atoms with van der Waals surface area (Å²) in [5, 5.41) is 23.4. The maximum absolute atomic E-state index is 9.69. The van der Waals surface area contributed by atoms with E-state index in [1.807, 2.05) is 42.5 Å². The van der Waals surface area contributed by atoms with Crippen molar-refractivity contribution in [3.05, 3.63) is 121 Å². The van der Waals surface area contributed by atoms with Crippen LogP contribution in [0.2, 0.25) is 0 Å². The highest BCUT2D eigenvalue weighted by atomic mass is 16.5. The molecule has 4 heteroatoms. The van der Waals surface area contributed by atoms with E-state index < -0.39 is 0 Å². The van der Waals surface area contributed by atoms with Crippen LogP contribution in [0.3, 0.4) is 0 Å². The van der Waals surface area contributed by atoms with E-state index in [-0.39, 0.29) is 26.4 Å². The van der Waals surface area contributed by atoms with E-state index in [0.717, 1.165) is 54.9 Å². The third kappa shape index (κ3) is 5.03. The van der Waals surface area contributed by atoms with E-state index in [2.05, 4.69) is 78.9 Å². The molecule has 0 fully saturated rings. The molecule has 198 valence electrons. The summed E-state index contributed by atoms with van der Waals surface area (Å²) in [6.45, 7) is 0.00570. The number of hydrogen-bond acceptors (Lipinski definition) is 4. The first-order valence-corrected chi connectivity index (χ1v) is 13.5. The molecule has 0 saturated heterocycles. The van der Waals surface area contributed by atoms with Crippen LogP contribution in [0.4, 0.5) is 0 Å². The molecule has 0 radical (unpaired) electrons. The van der Waals surface area contributed by atoms with Gasteiger partial charge in [0, 0.05) is 5.56 Å². The Balaban J connectivity index is 1.67. The lowest BCUT2D eigenvalue weighted by molar-refractivity contribution is 0.179. The minimum Gasteiger partial charge on any atom is -0.487 e. The van der Waals surface area contributed by atoms with E-state index in [4.69, 9.17) is 9.47 Å². The van der Waals surface area contributed by atoms with Crippen molar-refractivity contribution in [2.75, 3.05) is 26.4 Å². The molecule has 0 saturated carbocycles. The standard InChI is InChI=1S/C36H30O4/c37-18-20-39-34-24-30-17-16-29(26-10-5-2-6-11-26)23-33(30)35(36(34)40-21-19-38)31-13-7-12-27-14-15-28(22-32(27)31)25-8-3-1-4-9-25/h1-17,22-24,37-38H,18-21H2. The predicted molar refractivity (Wildman–Crippen MR) is 163 cm³/mol. The van der Waals surface area contributed by atoms with Crippen LogP contribution in [0, 0.1) is 0 Å². The summed E-state index contributed by atoms with van der Waals surface area (Å²) in [5.74, 6) is 1.09. The van der Waals surface area contributed by atoms with Crippen LogP contribution in [0.1, 0.15) is 0 Å². The van der Waals surface area contributed by atoms with Crippen molar-refractivity contribution in [3.8, 4) is 44.9 Å². The average Bonchev–Trinajstić information content (AvgIpc) is 3.02. The smallest absolute Gasteiger partial charge is 0.169 e. The van der Waals surface area contributed by atoms with Crippen molar-refractivity contribution in [3.63, 3.8) is 0 Å². The van der Waals surface area contributed by atoms with E-state index in [1.54, 1.807) is 0 Å². The van der Waals surface area contributed by atoms with Gasteiger partial charge in [0.05, 0.1) is 13.2 Å². The Bertz CT molecular complexity index is 1760. The fraction of sp³-hybridized carbons (Fsp3) is 0.111. The van der Waals surface area contributed by atoms with Gasteiger partial charge in [-0.15, -0.1) is 0 Å². The highest BCUT2D eigenvalue weighted by Crippen LogP contribution is 2.47. The van der Waals surface area contributed by atoms with Crippen molar-refractivity contribution < 1.29 is 19.7 Å². The fourth-order valence-corrected chi connectivity index (χ4v) is 5.28. The monoisotopic (exact) mass is 526 g/mol. The van der Waals surface area contributed by atoms with Crippen molar-refractivity contribution in [2.24, 2.45) is 0 Å². The maximum atomic E-state index is 9.69. The van der Waals surface area contributed by atoms with Crippen molar-refractivity contribution >= 4 is 21.5 Å². The van der Waals surface area contributed by atoms with Crippen molar-refractivity contribution in [1.82, 2.24) is 0 Å². The molecule has 0 amide bonds. The van der Waals surface area contributed by atoms with Crippen LogP contribution < -0.4 is 9.47 Å². The first kappa shape index (κ1) is 25.6. The van der Waals surface area contributed by atoms with Gasteiger partial charge in [0.2, 0.25) is 0 Å². The second kappa shape index (κ2) is 11.6. The molecule has 4 nitrogen and oxygen atoms in total. The molecule has 2 N–H and O–H groups in total. The molecule has 0 atom stereocenters. The summed E-state index contributed by atoms with van der Waals surface area (Å²) in [5.41, 5.74) is 6.39. The van der Waals surface area contributed by atoms with Gasteiger partial charge in [-0.25, -0.2) is 0 Å². The summed E-state index contributed by atoms with van der Waals surface area (Å²) in [4.78, 5) is 0. The number of rotatable bonds is 9. The van der Waals surface area contributed by atoms with Gasteiger partial charge in [0.25, 0.3) is 0 Å². The normalized spacial score (nSPS) is 11.2. The van der Waals surface area contributed by atoms with Crippen LogP contribution in [-0.2, 0) is 0 Å². The van der Waals surface area contributed by atoms with Crippen LogP contribution in [0.15, 0.2) is 121 Å². The fourth-order valence-electron chi connectivity index (χ4n) is 5.28. The lowest BCUT2D eigenvalue weighted by atomic mass is 9.90. The third-order valence-corrected chi connectivity index (χ3v) is 7.11. The molecule has 0 spiro atoms. The number of aliphatic hydroxyl groups excluding tert-OH is 2. The SMILES string of the molecule is OCCOc1cc2ccc(-c3ccccc3)cc2c(-c2cccc3ccc(-c4ccccc4)cc23)c1OCCO. The lowest BCUT2D eigenvalue weighted by Gasteiger charge is -2.20. The van der Waals surface area contributed by atoms with Gasteiger partial charge in [-0.2, -0.15) is 0 Å². The van der Waals surface area contributed by atoms with Crippen molar-refractivity contribution in [2.45, 2.75) is 0 Å². The molecular formula is C36H30O4. The van der Waals surface area contributed by atoms with E-state index in [9.17, 15) is 10.2 Å². The average molecular weight is 527 g/mol. The number of hydrogen-bond donors (Lipinski definition) is 2. The second-order valence-electron chi connectivity index (χ2n) is 9.63. The van der Waals surface area contributed by atoms with Gasteiger partial charge >= 0.3 is 0 Å². The van der Waals surface area contributed by atoms with Crippen LogP contribution in [-0.4, -0.2) is 36.6 Å². The third-order valence-electron chi connectivity index (χ3n) is 7.11. The quantitative estimate of drug-likeness (QED) is 0.202. The van der Waals surface area contributed by atoms with Gasteiger partial charge in [-0.05, 0) is 67.6 Å². The summed E-state index contributed by atoms with van der Waals surface area (Å²) < 4.78 is 12.2. The summed E-state index contributed by atoms with van der Waals surface area (Å²) in [6.07, 6.45) is 0. The predicted octanol–water partition coefficient (Wildman–Crippen LogP) is 7.74. The van der Waals surface area contributed by atoms with Gasteiger partial charge in [-0.3, -0.25) is 0 Å². The molecule has 40 heavy (non-hydrogen) atoms. The van der Waals surface area contributed by atoms with Gasteiger partial charge in [0.15, 0.2) is 11.5 Å². The Hall–Kier alpha value is -4.64. The van der Waals surface area contributed by atoms with Gasteiger partial charge in [0.1, 0.15) is 13.2 Å². The van der Waals surface area contributed by atoms with E-state index >= 15 is 0 Å². The number of benzene rings is 6. The summed E-state index contributed by atoms with van der Waals surface area (Å²) >= 11 is 0. The van der Waals surface area contributed by atoms with Crippen molar-refractivity contribution in [1.29, 1.82) is 0 Å². The summed E-state index contributed by atoms with van der Waals surface area (Å²) in [7, 11) is 0. The largest absolute Gasteiger partial charge is 0.487 e. The maximum Gasteiger partial charge on any atom is 0.169 e. The van der Waals surface area contributed by atoms with E-state index in [0.29, 0.717) is 11.5 Å². The molecule has 0 heterocycles. The molecule has 0 unspecified atom stereocenters. The second-order valence-corrected chi connectivity index (χ2v) is 9.63. The Labute approximate surface area is 233 Å². The van der Waals surface area contributed by atoms with Gasteiger partial charge in [-0.1, -0.05) is 103 Å². The Morgan fingerprint density at radius 3 is 1.73 bits per heavy atom. The molecule has 0 bridgehead atoms.